The minimum Gasteiger partial charge on any atom is -0.469 e. The topological polar surface area (TPSA) is 38.3 Å². The Bertz CT molecular complexity index is 422. The molecule has 0 radical (unpaired) electrons. The summed E-state index contributed by atoms with van der Waals surface area (Å²) in [6.07, 6.45) is 3.36. The molecule has 0 aliphatic carbocycles. The van der Waals surface area contributed by atoms with E-state index < -0.39 is 0 Å². The highest BCUT2D eigenvalue weighted by Crippen LogP contribution is 2.31. The van der Waals surface area contributed by atoms with E-state index in [1.807, 2.05) is 24.3 Å². The maximum Gasteiger partial charge on any atom is 0.314 e. The molecule has 0 spiro atoms. The molecule has 0 aromatic heterocycles. The van der Waals surface area contributed by atoms with Crippen molar-refractivity contribution in [2.45, 2.75) is 31.2 Å². The number of esters is 1. The fraction of sp³-hybridized carbons (Fsp3) is 0.500. The van der Waals surface area contributed by atoms with E-state index in [4.69, 9.17) is 4.74 Å². The minimum atomic E-state index is -0.231. The lowest BCUT2D eigenvalue weighted by Crippen LogP contribution is -2.42. The van der Waals surface area contributed by atoms with Gasteiger partial charge in [0.25, 0.3) is 0 Å². The molecule has 3 nitrogen and oxygen atoms in total. The Morgan fingerprint density at radius 2 is 2.16 bits per heavy atom. The van der Waals surface area contributed by atoms with Crippen molar-refractivity contribution in [3.05, 3.63) is 34.3 Å². The fourth-order valence-corrected chi connectivity index (χ4v) is 3.06. The van der Waals surface area contributed by atoms with Crippen LogP contribution < -0.4 is 5.32 Å². The van der Waals surface area contributed by atoms with Crippen LogP contribution in [-0.2, 0) is 9.53 Å². The third kappa shape index (κ3) is 3.94. The lowest BCUT2D eigenvalue weighted by Gasteiger charge is -2.30. The molecule has 1 fully saturated rings. The van der Waals surface area contributed by atoms with Crippen molar-refractivity contribution in [2.75, 3.05) is 13.7 Å². The van der Waals surface area contributed by atoms with E-state index >= 15 is 0 Å². The number of benzene rings is 1. The Hall–Kier alpha value is -0.580. The summed E-state index contributed by atoms with van der Waals surface area (Å²) in [7, 11) is 1.45. The Labute approximate surface area is 128 Å². The maximum atomic E-state index is 12.1. The summed E-state index contributed by atoms with van der Waals surface area (Å²) in [4.78, 5) is 12.1. The van der Waals surface area contributed by atoms with Crippen LogP contribution in [-0.4, -0.2) is 25.7 Å². The normalized spacial score (nSPS) is 20.2. The zero-order valence-corrected chi connectivity index (χ0v) is 13.3. The Morgan fingerprint density at radius 1 is 1.42 bits per heavy atom. The van der Waals surface area contributed by atoms with Gasteiger partial charge in [0.1, 0.15) is 0 Å². The van der Waals surface area contributed by atoms with Gasteiger partial charge < -0.3 is 10.1 Å². The zero-order valence-electron chi connectivity index (χ0n) is 10.9. The van der Waals surface area contributed by atoms with Crippen molar-refractivity contribution < 1.29 is 9.53 Å². The molecule has 19 heavy (non-hydrogen) atoms. The van der Waals surface area contributed by atoms with Gasteiger partial charge in [0.15, 0.2) is 0 Å². The number of ether oxygens (including phenoxy) is 1. The highest BCUT2D eigenvalue weighted by atomic mass is 79.9. The van der Waals surface area contributed by atoms with Gasteiger partial charge in [0, 0.05) is 10.5 Å². The molecule has 1 unspecified atom stereocenters. The van der Waals surface area contributed by atoms with Gasteiger partial charge >= 0.3 is 5.97 Å². The SMILES string of the molecule is COC(=O)[C@@H](c1ccccc1Br)C1CCCCN1.Cl. The zero-order chi connectivity index (χ0) is 13.0. The summed E-state index contributed by atoms with van der Waals surface area (Å²) in [6, 6.07) is 8.04. The quantitative estimate of drug-likeness (QED) is 0.852. The van der Waals surface area contributed by atoms with Crippen LogP contribution in [0.4, 0.5) is 0 Å². The van der Waals surface area contributed by atoms with Gasteiger partial charge in [-0.15, -0.1) is 12.4 Å². The van der Waals surface area contributed by atoms with Crippen LogP contribution in [0.2, 0.25) is 0 Å². The fourth-order valence-electron chi connectivity index (χ4n) is 2.53. The van der Waals surface area contributed by atoms with Crippen LogP contribution in [0.1, 0.15) is 30.7 Å². The number of halogens is 2. The summed E-state index contributed by atoms with van der Waals surface area (Å²) in [6.45, 7) is 0.975. The monoisotopic (exact) mass is 347 g/mol. The van der Waals surface area contributed by atoms with Gasteiger partial charge in [-0.05, 0) is 31.0 Å². The predicted octanol–water partition coefficient (Wildman–Crippen LogP) is 3.27. The Kier molecular flexibility index (Phi) is 6.83. The van der Waals surface area contributed by atoms with Crippen LogP contribution in [0.3, 0.4) is 0 Å². The van der Waals surface area contributed by atoms with Gasteiger partial charge in [-0.3, -0.25) is 4.79 Å². The van der Waals surface area contributed by atoms with Gasteiger partial charge in [-0.2, -0.15) is 0 Å². The summed E-state index contributed by atoms with van der Waals surface area (Å²) in [5.41, 5.74) is 1.00. The molecule has 2 atom stereocenters. The number of hydrogen-bond acceptors (Lipinski definition) is 3. The number of hydrogen-bond donors (Lipinski definition) is 1. The predicted molar refractivity (Wildman–Crippen MR) is 81.8 cm³/mol. The van der Waals surface area contributed by atoms with Crippen molar-refractivity contribution in [3.63, 3.8) is 0 Å². The first-order valence-electron chi connectivity index (χ1n) is 6.29. The third-order valence-electron chi connectivity index (χ3n) is 3.45. The molecule has 2 rings (SSSR count). The minimum absolute atomic E-state index is 0. The molecule has 1 aromatic carbocycles. The number of piperidine rings is 1. The summed E-state index contributed by atoms with van der Waals surface area (Å²) in [5, 5.41) is 3.44. The first-order valence-corrected chi connectivity index (χ1v) is 7.09. The second kappa shape index (κ2) is 7.88. The molecule has 1 N–H and O–H groups in total. The second-order valence-electron chi connectivity index (χ2n) is 4.58. The largest absolute Gasteiger partial charge is 0.469 e. The van der Waals surface area contributed by atoms with Crippen LogP contribution in [0.25, 0.3) is 0 Å². The van der Waals surface area contributed by atoms with Crippen LogP contribution in [0, 0.1) is 0 Å². The first kappa shape index (κ1) is 16.5. The average molecular weight is 349 g/mol. The standard InChI is InChI=1S/C14H18BrNO2.ClH/c1-18-14(17)13(12-8-4-5-9-16-12)10-6-2-3-7-11(10)15;/h2-3,6-7,12-13,16H,4-5,8-9H2,1H3;1H/t12?,13-;/m0./s1. The van der Waals surface area contributed by atoms with E-state index in [0.717, 1.165) is 29.4 Å². The molecule has 5 heteroatoms. The smallest absolute Gasteiger partial charge is 0.314 e. The lowest BCUT2D eigenvalue weighted by atomic mass is 9.86. The van der Waals surface area contributed by atoms with Gasteiger partial charge in [-0.25, -0.2) is 0 Å². The maximum absolute atomic E-state index is 12.1. The molecule has 1 aliphatic heterocycles. The summed E-state index contributed by atoms with van der Waals surface area (Å²) < 4.78 is 5.94. The van der Waals surface area contributed by atoms with E-state index in [1.54, 1.807) is 0 Å². The van der Waals surface area contributed by atoms with Gasteiger partial charge in [0.05, 0.1) is 13.0 Å². The molecule has 106 valence electrons. The Balaban J connectivity index is 0.00000180. The molecular formula is C14H19BrClNO2. The van der Waals surface area contributed by atoms with Crippen LogP contribution >= 0.6 is 28.3 Å². The molecular weight excluding hydrogens is 330 g/mol. The highest BCUT2D eigenvalue weighted by Gasteiger charge is 2.32. The van der Waals surface area contributed by atoms with Gasteiger partial charge in [-0.1, -0.05) is 40.5 Å². The van der Waals surface area contributed by atoms with E-state index in [2.05, 4.69) is 21.2 Å². The van der Waals surface area contributed by atoms with E-state index in [9.17, 15) is 4.79 Å². The van der Waals surface area contributed by atoms with Crippen molar-refractivity contribution in [3.8, 4) is 0 Å². The number of nitrogens with one attached hydrogen (secondary N) is 1. The van der Waals surface area contributed by atoms with E-state index in [1.165, 1.54) is 13.5 Å². The van der Waals surface area contributed by atoms with E-state index in [0.29, 0.717) is 0 Å². The second-order valence-corrected chi connectivity index (χ2v) is 5.43. The van der Waals surface area contributed by atoms with E-state index in [-0.39, 0.29) is 30.3 Å². The molecule has 0 bridgehead atoms. The molecule has 1 aromatic rings. The number of carbonyl (C=O) groups excluding carboxylic acids is 1. The first-order chi connectivity index (χ1) is 8.74. The summed E-state index contributed by atoms with van der Waals surface area (Å²) >= 11 is 3.53. The molecule has 0 saturated carbocycles. The number of carbonyl (C=O) groups is 1. The van der Waals surface area contributed by atoms with Crippen molar-refractivity contribution >= 4 is 34.3 Å². The van der Waals surface area contributed by atoms with Crippen LogP contribution in [0.5, 0.6) is 0 Å². The van der Waals surface area contributed by atoms with Crippen molar-refractivity contribution in [1.82, 2.24) is 5.32 Å². The Morgan fingerprint density at radius 3 is 2.74 bits per heavy atom. The lowest BCUT2D eigenvalue weighted by molar-refractivity contribution is -0.143. The number of methoxy groups -OCH3 is 1. The highest BCUT2D eigenvalue weighted by molar-refractivity contribution is 9.10. The molecule has 1 aliphatic rings. The van der Waals surface area contributed by atoms with Crippen molar-refractivity contribution in [1.29, 1.82) is 0 Å². The molecule has 1 saturated heterocycles. The molecule has 0 amide bonds. The third-order valence-corrected chi connectivity index (χ3v) is 4.17. The average Bonchev–Trinajstić information content (AvgIpc) is 2.42. The van der Waals surface area contributed by atoms with Gasteiger partial charge in [0.2, 0.25) is 0 Å². The molecule has 1 heterocycles. The van der Waals surface area contributed by atoms with Crippen LogP contribution in [0.15, 0.2) is 28.7 Å². The number of rotatable bonds is 3. The summed E-state index contributed by atoms with van der Waals surface area (Å²) in [5.74, 6) is -0.396. The van der Waals surface area contributed by atoms with Crippen molar-refractivity contribution in [2.24, 2.45) is 0 Å².